The molecule has 1 aromatic carbocycles. The molecule has 2 rings (SSSR count). The van der Waals surface area contributed by atoms with Crippen LogP contribution in [0.25, 0.3) is 11.1 Å². The number of benzene rings is 1. The number of ether oxygens (including phenoxy) is 2. The van der Waals surface area contributed by atoms with E-state index in [-0.39, 0.29) is 5.97 Å². The molecule has 4 nitrogen and oxygen atoms in total. The first-order chi connectivity index (χ1) is 10.1. The lowest BCUT2D eigenvalue weighted by Crippen LogP contribution is -2.07. The van der Waals surface area contributed by atoms with E-state index in [2.05, 4.69) is 0 Å². The predicted molar refractivity (Wildman–Crippen MR) is 86.1 cm³/mol. The van der Waals surface area contributed by atoms with Crippen molar-refractivity contribution in [2.45, 2.75) is 20.3 Å². The minimum atomic E-state index is -0.383. The lowest BCUT2D eigenvalue weighted by atomic mass is 9.99. The minimum Gasteiger partial charge on any atom is -0.496 e. The topological polar surface area (TPSA) is 61.5 Å². The summed E-state index contributed by atoms with van der Waals surface area (Å²) in [5, 5.41) is 0.492. The molecule has 0 saturated heterocycles. The molecular weight excluding hydrogens is 286 g/mol. The highest BCUT2D eigenvalue weighted by Crippen LogP contribution is 2.42. The van der Waals surface area contributed by atoms with Gasteiger partial charge in [0.1, 0.15) is 16.3 Å². The van der Waals surface area contributed by atoms with Gasteiger partial charge in [0.25, 0.3) is 0 Å². The highest BCUT2D eigenvalue weighted by Gasteiger charge is 2.25. The zero-order chi connectivity index (χ0) is 15.4. The Bertz CT molecular complexity index is 649. The minimum absolute atomic E-state index is 0.320. The number of esters is 1. The van der Waals surface area contributed by atoms with Crippen LogP contribution in [0.1, 0.15) is 29.1 Å². The molecule has 0 radical (unpaired) electrons. The van der Waals surface area contributed by atoms with Crippen LogP contribution in [0.5, 0.6) is 5.75 Å². The first kappa shape index (κ1) is 15.4. The molecule has 0 atom stereocenters. The van der Waals surface area contributed by atoms with E-state index in [1.165, 1.54) is 11.3 Å². The number of hydrogen-bond acceptors (Lipinski definition) is 5. The lowest BCUT2D eigenvalue weighted by molar-refractivity contribution is 0.0529. The van der Waals surface area contributed by atoms with Crippen LogP contribution in [0, 0.1) is 0 Å². The molecule has 0 aliphatic heterocycles. The van der Waals surface area contributed by atoms with E-state index < -0.39 is 0 Å². The number of para-hydroxylation sites is 1. The summed E-state index contributed by atoms with van der Waals surface area (Å²) < 4.78 is 10.6. The number of anilines is 1. The summed E-state index contributed by atoms with van der Waals surface area (Å²) in [6.45, 7) is 4.14. The van der Waals surface area contributed by atoms with Crippen molar-refractivity contribution in [2.24, 2.45) is 0 Å². The third-order valence-electron chi connectivity index (χ3n) is 3.19. The second-order valence-electron chi connectivity index (χ2n) is 4.41. The number of aryl methyl sites for hydroxylation is 1. The summed E-state index contributed by atoms with van der Waals surface area (Å²) in [5.41, 5.74) is 8.20. The number of carbonyl (C=O) groups excluding carboxylic acids is 1. The quantitative estimate of drug-likeness (QED) is 0.855. The second kappa shape index (κ2) is 6.63. The van der Waals surface area contributed by atoms with Crippen LogP contribution in [-0.4, -0.2) is 19.7 Å². The molecule has 0 fully saturated rings. The largest absolute Gasteiger partial charge is 0.496 e. The fraction of sp³-hybridized carbons (Fsp3) is 0.312. The van der Waals surface area contributed by atoms with Gasteiger partial charge in [-0.05, 0) is 19.4 Å². The third kappa shape index (κ3) is 2.88. The van der Waals surface area contributed by atoms with Crippen molar-refractivity contribution in [2.75, 3.05) is 19.5 Å². The summed E-state index contributed by atoms with van der Waals surface area (Å²) >= 11 is 1.43. The Morgan fingerprint density at radius 2 is 2.00 bits per heavy atom. The van der Waals surface area contributed by atoms with Crippen molar-refractivity contribution in [3.63, 3.8) is 0 Å². The second-order valence-corrected chi connectivity index (χ2v) is 5.55. The number of hydrogen-bond donors (Lipinski definition) is 1. The maximum absolute atomic E-state index is 12.3. The summed E-state index contributed by atoms with van der Waals surface area (Å²) in [7, 11) is 1.62. The van der Waals surface area contributed by atoms with Crippen molar-refractivity contribution < 1.29 is 14.3 Å². The first-order valence-electron chi connectivity index (χ1n) is 6.85. The Labute approximate surface area is 128 Å². The summed E-state index contributed by atoms with van der Waals surface area (Å²) in [6.07, 6.45) is 0.793. The monoisotopic (exact) mass is 305 g/mol. The standard InChI is InChI=1S/C16H19NO3S/c1-4-12-13(10-8-6-7-9-11(10)19-3)14(15(17)21-12)16(18)20-5-2/h6-9H,4-5,17H2,1-3H3. The van der Waals surface area contributed by atoms with Crippen LogP contribution in [0.3, 0.4) is 0 Å². The molecule has 5 heteroatoms. The van der Waals surface area contributed by atoms with E-state index in [1.54, 1.807) is 14.0 Å². The maximum Gasteiger partial charge on any atom is 0.341 e. The highest BCUT2D eigenvalue weighted by atomic mass is 32.1. The van der Waals surface area contributed by atoms with Gasteiger partial charge in [0.2, 0.25) is 0 Å². The maximum atomic E-state index is 12.3. The van der Waals surface area contributed by atoms with E-state index in [4.69, 9.17) is 15.2 Å². The molecule has 21 heavy (non-hydrogen) atoms. The fourth-order valence-electron chi connectivity index (χ4n) is 2.29. The summed E-state index contributed by atoms with van der Waals surface area (Å²) in [6, 6.07) is 7.62. The van der Waals surface area contributed by atoms with Gasteiger partial charge >= 0.3 is 5.97 Å². The summed E-state index contributed by atoms with van der Waals surface area (Å²) in [4.78, 5) is 13.3. The van der Waals surface area contributed by atoms with Crippen molar-refractivity contribution in [3.05, 3.63) is 34.7 Å². The number of carbonyl (C=O) groups is 1. The molecule has 2 N–H and O–H groups in total. The molecule has 0 bridgehead atoms. The molecule has 112 valence electrons. The number of thiophene rings is 1. The molecule has 0 saturated carbocycles. The molecule has 0 amide bonds. The van der Waals surface area contributed by atoms with Gasteiger partial charge in [-0.2, -0.15) is 0 Å². The van der Waals surface area contributed by atoms with Crippen LogP contribution < -0.4 is 10.5 Å². The van der Waals surface area contributed by atoms with Crippen LogP contribution in [0.4, 0.5) is 5.00 Å². The molecule has 1 heterocycles. The number of nitrogen functional groups attached to an aromatic ring is 1. The highest BCUT2D eigenvalue weighted by molar-refractivity contribution is 7.17. The van der Waals surface area contributed by atoms with Crippen molar-refractivity contribution in [1.82, 2.24) is 0 Å². The Hall–Kier alpha value is -2.01. The zero-order valence-corrected chi connectivity index (χ0v) is 13.3. The zero-order valence-electron chi connectivity index (χ0n) is 12.4. The van der Waals surface area contributed by atoms with Gasteiger partial charge in [0, 0.05) is 16.0 Å². The van der Waals surface area contributed by atoms with Crippen LogP contribution >= 0.6 is 11.3 Å². The van der Waals surface area contributed by atoms with Gasteiger partial charge in [-0.1, -0.05) is 25.1 Å². The van der Waals surface area contributed by atoms with Gasteiger partial charge in [-0.25, -0.2) is 4.79 Å². The fourth-order valence-corrected chi connectivity index (χ4v) is 3.30. The third-order valence-corrected chi connectivity index (χ3v) is 4.35. The SMILES string of the molecule is CCOC(=O)c1c(N)sc(CC)c1-c1ccccc1OC. The normalized spacial score (nSPS) is 10.4. The molecule has 0 aliphatic rings. The van der Waals surface area contributed by atoms with Crippen LogP contribution in [0.15, 0.2) is 24.3 Å². The van der Waals surface area contributed by atoms with Gasteiger partial charge in [-0.3, -0.25) is 0 Å². The number of rotatable bonds is 5. The average Bonchev–Trinajstić information content (AvgIpc) is 2.83. The smallest absolute Gasteiger partial charge is 0.341 e. The predicted octanol–water partition coefficient (Wildman–Crippen LogP) is 3.75. The molecule has 0 spiro atoms. The van der Waals surface area contributed by atoms with E-state index in [9.17, 15) is 4.79 Å². The molecule has 1 aromatic heterocycles. The van der Waals surface area contributed by atoms with Gasteiger partial charge in [0.05, 0.1) is 13.7 Å². The number of nitrogens with two attached hydrogens (primary N) is 1. The first-order valence-corrected chi connectivity index (χ1v) is 7.67. The summed E-state index contributed by atoms with van der Waals surface area (Å²) in [5.74, 6) is 0.336. The van der Waals surface area contributed by atoms with E-state index in [0.717, 1.165) is 28.2 Å². The van der Waals surface area contributed by atoms with E-state index in [1.807, 2.05) is 31.2 Å². The Balaban J connectivity index is 2.68. The van der Waals surface area contributed by atoms with Crippen LogP contribution in [-0.2, 0) is 11.2 Å². The van der Waals surface area contributed by atoms with E-state index >= 15 is 0 Å². The van der Waals surface area contributed by atoms with Gasteiger partial charge in [-0.15, -0.1) is 11.3 Å². The Kier molecular flexibility index (Phi) is 4.85. The molecular formula is C16H19NO3S. The molecule has 0 aliphatic carbocycles. The molecule has 2 aromatic rings. The van der Waals surface area contributed by atoms with Crippen molar-refractivity contribution >= 4 is 22.3 Å². The van der Waals surface area contributed by atoms with Crippen molar-refractivity contribution in [3.8, 4) is 16.9 Å². The van der Waals surface area contributed by atoms with Gasteiger partial charge < -0.3 is 15.2 Å². The number of methoxy groups -OCH3 is 1. The van der Waals surface area contributed by atoms with Crippen molar-refractivity contribution in [1.29, 1.82) is 0 Å². The Morgan fingerprint density at radius 3 is 2.62 bits per heavy atom. The average molecular weight is 305 g/mol. The van der Waals surface area contributed by atoms with Crippen LogP contribution in [0.2, 0.25) is 0 Å². The van der Waals surface area contributed by atoms with Gasteiger partial charge in [0.15, 0.2) is 0 Å². The molecule has 0 unspecified atom stereocenters. The van der Waals surface area contributed by atoms with E-state index in [0.29, 0.717) is 17.2 Å². The lowest BCUT2D eigenvalue weighted by Gasteiger charge is -2.11. The Morgan fingerprint density at radius 1 is 1.29 bits per heavy atom.